The van der Waals surface area contributed by atoms with Gasteiger partial charge in [0.2, 0.25) is 0 Å². The quantitative estimate of drug-likeness (QED) is 0.172. The van der Waals surface area contributed by atoms with Gasteiger partial charge in [-0.05, 0) is 119 Å². The number of fused-ring (bicyclic) bond motifs is 8. The number of H-pyrrole nitrogens is 2. The first-order valence-electron chi connectivity index (χ1n) is 15.8. The van der Waals surface area contributed by atoms with Crippen molar-refractivity contribution in [1.29, 1.82) is 0 Å². The van der Waals surface area contributed by atoms with E-state index in [1.165, 1.54) is 0 Å². The first-order chi connectivity index (χ1) is 25.2. The van der Waals surface area contributed by atoms with Gasteiger partial charge in [0.25, 0.3) is 0 Å². The maximum absolute atomic E-state index is 5.29. The van der Waals surface area contributed by atoms with E-state index in [2.05, 4.69) is 78.5 Å². The number of rotatable bonds is 4. The molecule has 0 saturated heterocycles. The van der Waals surface area contributed by atoms with Gasteiger partial charge in [0, 0.05) is 93.9 Å². The molecule has 0 aliphatic carbocycles. The molecule has 7 aromatic rings. The van der Waals surface area contributed by atoms with Crippen molar-refractivity contribution in [2.75, 3.05) is 0 Å². The second-order valence-electron chi connectivity index (χ2n) is 11.5. The Kier molecular flexibility index (Phi) is 9.43. The van der Waals surface area contributed by atoms with Crippen LogP contribution >= 0.6 is 19.1 Å². The predicted octanol–water partition coefficient (Wildman–Crippen LogP) is 10.3. The molecular formula is C40H26Cl2N8Pd. The molecule has 0 fully saturated rings. The van der Waals surface area contributed by atoms with Crippen LogP contribution < -0.4 is 0 Å². The van der Waals surface area contributed by atoms with E-state index in [9.17, 15) is 0 Å². The Morgan fingerprint density at radius 3 is 0.784 bits per heavy atom. The molecule has 0 radical (unpaired) electrons. The van der Waals surface area contributed by atoms with Crippen LogP contribution in [0, 0.1) is 0 Å². The average Bonchev–Trinajstić information content (AvgIpc) is 4.02. The second-order valence-corrected chi connectivity index (χ2v) is 13.9. The molecule has 51 heavy (non-hydrogen) atoms. The van der Waals surface area contributed by atoms with E-state index in [1.807, 2.05) is 98.1 Å². The number of nitrogens with zero attached hydrogens (tertiary/aromatic N) is 6. The summed E-state index contributed by atoms with van der Waals surface area (Å²) in [5.74, 6) is 0. The van der Waals surface area contributed by atoms with Gasteiger partial charge < -0.3 is 9.97 Å². The summed E-state index contributed by atoms with van der Waals surface area (Å²) in [7, 11) is 9.63. The number of aromatic amines is 2. The first-order valence-corrected chi connectivity index (χ1v) is 19.8. The van der Waals surface area contributed by atoms with Crippen LogP contribution in [-0.2, 0) is 15.9 Å². The van der Waals surface area contributed by atoms with Crippen molar-refractivity contribution in [2.24, 2.45) is 0 Å². The second kappa shape index (κ2) is 14.7. The van der Waals surface area contributed by atoms with Crippen LogP contribution in [0.2, 0.25) is 0 Å². The molecule has 9 heterocycles. The number of halogens is 2. The summed E-state index contributed by atoms with van der Waals surface area (Å²) in [5, 5.41) is 0. The van der Waals surface area contributed by atoms with Crippen molar-refractivity contribution < 1.29 is 15.9 Å². The molecule has 8 nitrogen and oxygen atoms in total. The van der Waals surface area contributed by atoms with Gasteiger partial charge in [-0.1, -0.05) is 0 Å². The fourth-order valence-electron chi connectivity index (χ4n) is 6.49. The number of pyridine rings is 4. The van der Waals surface area contributed by atoms with Crippen LogP contribution in [0.1, 0.15) is 22.8 Å². The van der Waals surface area contributed by atoms with Gasteiger partial charge in [-0.15, -0.1) is 0 Å². The normalized spacial score (nSPS) is 11.7. The van der Waals surface area contributed by atoms with E-state index in [1.54, 1.807) is 0 Å². The summed E-state index contributed by atoms with van der Waals surface area (Å²) in [6, 6.07) is 24.6. The van der Waals surface area contributed by atoms with Gasteiger partial charge in [-0.25, -0.2) is 9.97 Å². The van der Waals surface area contributed by atoms with Crippen molar-refractivity contribution in [3.05, 3.63) is 145 Å². The van der Waals surface area contributed by atoms with Gasteiger partial charge in [0.1, 0.15) is 0 Å². The third kappa shape index (κ3) is 6.56. The molecule has 0 atom stereocenters. The van der Waals surface area contributed by atoms with Crippen LogP contribution in [0.15, 0.2) is 122 Å². The van der Waals surface area contributed by atoms with Crippen molar-refractivity contribution in [3.8, 4) is 44.5 Å². The van der Waals surface area contributed by atoms with Crippen molar-refractivity contribution in [1.82, 2.24) is 39.9 Å². The Labute approximate surface area is 309 Å². The Balaban J connectivity index is 0.00000121. The minimum absolute atomic E-state index is 0.106. The van der Waals surface area contributed by atoms with Gasteiger partial charge >= 0.3 is 35.0 Å². The molecule has 11 heteroatoms. The van der Waals surface area contributed by atoms with Crippen LogP contribution in [-0.4, -0.2) is 39.9 Å². The third-order valence-corrected chi connectivity index (χ3v) is 8.63. The van der Waals surface area contributed by atoms with Crippen LogP contribution in [0.25, 0.3) is 90.9 Å². The zero-order chi connectivity index (χ0) is 34.6. The molecule has 0 aromatic carbocycles. The Morgan fingerprint density at radius 2 is 0.569 bits per heavy atom. The molecule has 0 amide bonds. The van der Waals surface area contributed by atoms with E-state index in [4.69, 9.17) is 29.0 Å². The molecule has 7 aromatic heterocycles. The van der Waals surface area contributed by atoms with Crippen molar-refractivity contribution >= 4 is 65.4 Å². The SMILES string of the molecule is C1=Cc2nc1c(-c1ccncc1)c1ccc([nH]1)c(-c1ccncc1)c1nc(c(-c3ccncc3)c3ccc([nH]3)c2-c2ccncc2)C=C1.[Cl][Pd][Cl]. The molecule has 2 aliphatic rings. The fraction of sp³-hybridized carbons (Fsp3) is 0. The fourth-order valence-corrected chi connectivity index (χ4v) is 6.49. The maximum atomic E-state index is 5.29. The number of nitrogens with one attached hydrogen (secondary N) is 2. The predicted molar refractivity (Wildman–Crippen MR) is 203 cm³/mol. The molecule has 9 rings (SSSR count). The number of hydrogen-bond donors (Lipinski definition) is 2. The minimum atomic E-state index is -0.106. The summed E-state index contributed by atoms with van der Waals surface area (Å²) >= 11 is -0.106. The molecule has 0 spiro atoms. The Hall–Kier alpha value is -5.56. The summed E-state index contributed by atoms with van der Waals surface area (Å²) in [6.45, 7) is 0. The van der Waals surface area contributed by atoms with Crippen molar-refractivity contribution in [3.63, 3.8) is 0 Å². The van der Waals surface area contributed by atoms with Gasteiger partial charge in [0.05, 0.1) is 22.8 Å². The van der Waals surface area contributed by atoms with E-state index in [0.717, 1.165) is 89.4 Å². The summed E-state index contributed by atoms with van der Waals surface area (Å²) in [4.78, 5) is 35.2. The van der Waals surface area contributed by atoms with Gasteiger partial charge in [-0.2, -0.15) is 0 Å². The van der Waals surface area contributed by atoms with Gasteiger partial charge in [-0.3, -0.25) is 19.9 Å². The average molecular weight is 796 g/mol. The third-order valence-electron chi connectivity index (χ3n) is 8.63. The van der Waals surface area contributed by atoms with E-state index < -0.39 is 0 Å². The van der Waals surface area contributed by atoms with Crippen LogP contribution in [0.3, 0.4) is 0 Å². The molecule has 2 aliphatic heterocycles. The van der Waals surface area contributed by atoms with E-state index in [0.29, 0.717) is 0 Å². The topological polar surface area (TPSA) is 109 Å². The Bertz CT molecular complexity index is 2220. The van der Waals surface area contributed by atoms with Gasteiger partial charge in [0.15, 0.2) is 0 Å². The van der Waals surface area contributed by atoms with E-state index in [-0.39, 0.29) is 15.9 Å². The molecule has 250 valence electrons. The molecule has 0 saturated carbocycles. The van der Waals surface area contributed by atoms with Crippen LogP contribution in [0.4, 0.5) is 0 Å². The summed E-state index contributed by atoms with van der Waals surface area (Å²) in [5.41, 5.74) is 15.0. The number of aromatic nitrogens is 8. The number of hydrogen-bond acceptors (Lipinski definition) is 6. The molecular weight excluding hydrogens is 770 g/mol. The first kappa shape index (κ1) is 32.6. The van der Waals surface area contributed by atoms with E-state index >= 15 is 0 Å². The molecule has 8 bridgehead atoms. The summed E-state index contributed by atoms with van der Waals surface area (Å²) < 4.78 is 0. The zero-order valence-corrected chi connectivity index (χ0v) is 29.7. The van der Waals surface area contributed by atoms with Crippen molar-refractivity contribution in [2.45, 2.75) is 0 Å². The molecule has 2 N–H and O–H groups in total. The van der Waals surface area contributed by atoms with Crippen LogP contribution in [0.5, 0.6) is 0 Å². The monoisotopic (exact) mass is 794 g/mol. The summed E-state index contributed by atoms with van der Waals surface area (Å²) in [6.07, 6.45) is 22.8. The standard InChI is InChI=1S/C40H26N8.2ClH.Pd/c1-2-30-38(26-11-19-42-20-12-26)32-5-6-34(47-32)40(28-15-23-44-24-16-28)36-8-7-35(48-36)39(27-13-21-43-22-14-27)33-4-3-31(46-33)37(29(1)45-30)25-9-17-41-18-10-25;;;/h1-24,45,48H;2*1H;/q;;;+2/p-2. The zero-order valence-electron chi connectivity index (χ0n) is 26.6. The molecule has 0 unspecified atom stereocenters. The Morgan fingerprint density at radius 1 is 0.353 bits per heavy atom.